The van der Waals surface area contributed by atoms with Gasteiger partial charge in [-0.05, 0) is 43.0 Å². The van der Waals surface area contributed by atoms with Gasteiger partial charge in [0.05, 0.1) is 10.4 Å². The van der Waals surface area contributed by atoms with Crippen molar-refractivity contribution in [3.63, 3.8) is 0 Å². The molecule has 3 aromatic rings. The standard InChI is InChI=1S/C15H9Cl2FN2S/c16-10-6-7(18)4-5-8(10)14-19-13(17)12-9-2-1-3-11(9)21-15(12)20-14/h4-6H,1-3H2. The molecule has 0 N–H and O–H groups in total. The van der Waals surface area contributed by atoms with Gasteiger partial charge in [0.15, 0.2) is 5.82 Å². The minimum atomic E-state index is -0.383. The van der Waals surface area contributed by atoms with Crippen LogP contribution in [0.2, 0.25) is 10.2 Å². The summed E-state index contributed by atoms with van der Waals surface area (Å²) in [6, 6.07) is 4.18. The van der Waals surface area contributed by atoms with Crippen molar-refractivity contribution in [2.24, 2.45) is 0 Å². The van der Waals surface area contributed by atoms with Crippen LogP contribution in [0.1, 0.15) is 16.9 Å². The summed E-state index contributed by atoms with van der Waals surface area (Å²) in [7, 11) is 0. The Morgan fingerprint density at radius 1 is 1.14 bits per heavy atom. The highest BCUT2D eigenvalue weighted by molar-refractivity contribution is 7.19. The van der Waals surface area contributed by atoms with E-state index in [4.69, 9.17) is 23.2 Å². The number of hydrogen-bond donors (Lipinski definition) is 0. The van der Waals surface area contributed by atoms with Gasteiger partial charge in [0.25, 0.3) is 0 Å². The van der Waals surface area contributed by atoms with Crippen LogP contribution < -0.4 is 0 Å². The number of aromatic nitrogens is 2. The number of aryl methyl sites for hydroxylation is 2. The van der Waals surface area contributed by atoms with E-state index in [0.717, 1.165) is 23.1 Å². The summed E-state index contributed by atoms with van der Waals surface area (Å²) in [4.78, 5) is 11.2. The van der Waals surface area contributed by atoms with Gasteiger partial charge in [-0.2, -0.15) is 0 Å². The third kappa shape index (κ3) is 2.13. The molecule has 21 heavy (non-hydrogen) atoms. The van der Waals surface area contributed by atoms with Crippen molar-refractivity contribution in [2.75, 3.05) is 0 Å². The summed E-state index contributed by atoms with van der Waals surface area (Å²) in [5, 5.41) is 1.71. The molecule has 2 aromatic heterocycles. The first kappa shape index (κ1) is 13.4. The molecule has 0 fully saturated rings. The largest absolute Gasteiger partial charge is 0.217 e. The second-order valence-electron chi connectivity index (χ2n) is 5.00. The molecular formula is C15H9Cl2FN2S. The number of hydrogen-bond acceptors (Lipinski definition) is 3. The lowest BCUT2D eigenvalue weighted by molar-refractivity contribution is 0.628. The average Bonchev–Trinajstić information content (AvgIpc) is 2.98. The molecule has 6 heteroatoms. The first-order valence-electron chi connectivity index (χ1n) is 6.56. The van der Waals surface area contributed by atoms with Gasteiger partial charge in [0, 0.05) is 10.4 Å². The summed E-state index contributed by atoms with van der Waals surface area (Å²) in [5.74, 6) is 0.0587. The predicted octanol–water partition coefficient (Wildman–Crippen LogP) is 5.29. The zero-order valence-electron chi connectivity index (χ0n) is 10.8. The highest BCUT2D eigenvalue weighted by Gasteiger charge is 2.22. The van der Waals surface area contributed by atoms with Crippen LogP contribution in [0.15, 0.2) is 18.2 Å². The third-order valence-electron chi connectivity index (χ3n) is 3.69. The van der Waals surface area contributed by atoms with Gasteiger partial charge in [0.2, 0.25) is 0 Å². The van der Waals surface area contributed by atoms with E-state index in [1.165, 1.54) is 29.0 Å². The van der Waals surface area contributed by atoms with E-state index in [2.05, 4.69) is 9.97 Å². The number of nitrogens with zero attached hydrogens (tertiary/aromatic N) is 2. The smallest absolute Gasteiger partial charge is 0.163 e. The Kier molecular flexibility index (Phi) is 3.14. The Labute approximate surface area is 134 Å². The first-order chi connectivity index (χ1) is 10.1. The first-order valence-corrected chi connectivity index (χ1v) is 8.14. The molecule has 0 bridgehead atoms. The Bertz CT molecular complexity index is 876. The van der Waals surface area contributed by atoms with E-state index < -0.39 is 0 Å². The van der Waals surface area contributed by atoms with E-state index in [-0.39, 0.29) is 10.8 Å². The van der Waals surface area contributed by atoms with Crippen LogP contribution in [0.5, 0.6) is 0 Å². The molecule has 1 aliphatic carbocycles. The minimum Gasteiger partial charge on any atom is -0.217 e. The fraction of sp³-hybridized carbons (Fsp3) is 0.200. The molecule has 0 unspecified atom stereocenters. The lowest BCUT2D eigenvalue weighted by Gasteiger charge is -2.05. The van der Waals surface area contributed by atoms with E-state index in [0.29, 0.717) is 16.5 Å². The molecule has 0 saturated carbocycles. The Balaban J connectivity index is 1.95. The highest BCUT2D eigenvalue weighted by Crippen LogP contribution is 2.40. The van der Waals surface area contributed by atoms with Gasteiger partial charge in [-0.25, -0.2) is 14.4 Å². The molecule has 2 heterocycles. The maximum absolute atomic E-state index is 13.2. The maximum Gasteiger partial charge on any atom is 0.163 e. The van der Waals surface area contributed by atoms with Crippen molar-refractivity contribution in [1.82, 2.24) is 9.97 Å². The van der Waals surface area contributed by atoms with E-state index >= 15 is 0 Å². The molecule has 106 valence electrons. The monoisotopic (exact) mass is 338 g/mol. The van der Waals surface area contributed by atoms with Crippen molar-refractivity contribution in [3.05, 3.63) is 44.6 Å². The average molecular weight is 339 g/mol. The number of thiophene rings is 1. The summed E-state index contributed by atoms with van der Waals surface area (Å²) >= 11 is 14.1. The quantitative estimate of drug-likeness (QED) is 0.563. The van der Waals surface area contributed by atoms with Crippen LogP contribution >= 0.6 is 34.5 Å². The number of fused-ring (bicyclic) bond motifs is 3. The number of benzene rings is 1. The fourth-order valence-corrected chi connectivity index (χ4v) is 4.60. The molecule has 0 radical (unpaired) electrons. The van der Waals surface area contributed by atoms with Crippen molar-refractivity contribution in [3.8, 4) is 11.4 Å². The minimum absolute atomic E-state index is 0.287. The summed E-state index contributed by atoms with van der Waals surface area (Å²) in [6.45, 7) is 0. The van der Waals surface area contributed by atoms with Gasteiger partial charge in [-0.1, -0.05) is 23.2 Å². The second kappa shape index (κ2) is 4.90. The molecule has 0 aliphatic heterocycles. The van der Waals surface area contributed by atoms with Gasteiger partial charge in [0.1, 0.15) is 15.8 Å². The molecule has 1 aromatic carbocycles. The van der Waals surface area contributed by atoms with Crippen LogP contribution in [-0.2, 0) is 12.8 Å². The van der Waals surface area contributed by atoms with Gasteiger partial charge < -0.3 is 0 Å². The van der Waals surface area contributed by atoms with Crippen molar-refractivity contribution < 1.29 is 4.39 Å². The van der Waals surface area contributed by atoms with Gasteiger partial charge in [-0.3, -0.25) is 0 Å². The third-order valence-corrected chi connectivity index (χ3v) is 5.46. The summed E-state index contributed by atoms with van der Waals surface area (Å²) in [6.07, 6.45) is 3.29. The zero-order valence-corrected chi connectivity index (χ0v) is 13.1. The SMILES string of the molecule is Fc1ccc(-c2nc(Cl)c3c4c(sc3n2)CCC4)c(Cl)c1. The van der Waals surface area contributed by atoms with Gasteiger partial charge >= 0.3 is 0 Å². The zero-order chi connectivity index (χ0) is 14.6. The van der Waals surface area contributed by atoms with Crippen LogP contribution in [-0.4, -0.2) is 9.97 Å². The van der Waals surface area contributed by atoms with Crippen molar-refractivity contribution >= 4 is 44.8 Å². The Morgan fingerprint density at radius 3 is 2.81 bits per heavy atom. The number of halogens is 3. The maximum atomic E-state index is 13.2. The van der Waals surface area contributed by atoms with Crippen LogP contribution in [0.4, 0.5) is 4.39 Å². The fourth-order valence-electron chi connectivity index (χ4n) is 2.74. The normalized spacial score (nSPS) is 13.9. The van der Waals surface area contributed by atoms with E-state index in [1.807, 2.05) is 0 Å². The molecule has 0 saturated heterocycles. The van der Waals surface area contributed by atoms with Crippen LogP contribution in [0, 0.1) is 5.82 Å². The van der Waals surface area contributed by atoms with Crippen molar-refractivity contribution in [1.29, 1.82) is 0 Å². The predicted molar refractivity (Wildman–Crippen MR) is 84.9 cm³/mol. The topological polar surface area (TPSA) is 25.8 Å². The molecule has 4 rings (SSSR count). The molecule has 0 atom stereocenters. The second-order valence-corrected chi connectivity index (χ2v) is 6.85. The molecular weight excluding hydrogens is 330 g/mol. The lowest BCUT2D eigenvalue weighted by Crippen LogP contribution is -1.92. The van der Waals surface area contributed by atoms with E-state index in [9.17, 15) is 4.39 Å². The van der Waals surface area contributed by atoms with Crippen LogP contribution in [0.25, 0.3) is 21.6 Å². The lowest BCUT2D eigenvalue weighted by atomic mass is 10.2. The Hall–Kier alpha value is -1.23. The molecule has 0 amide bonds. The molecule has 1 aliphatic rings. The van der Waals surface area contributed by atoms with Gasteiger partial charge in [-0.15, -0.1) is 11.3 Å². The summed E-state index contributed by atoms with van der Waals surface area (Å²) < 4.78 is 13.2. The van der Waals surface area contributed by atoms with Crippen molar-refractivity contribution in [2.45, 2.75) is 19.3 Å². The molecule has 0 spiro atoms. The molecule has 2 nitrogen and oxygen atoms in total. The Morgan fingerprint density at radius 2 is 2.00 bits per heavy atom. The number of rotatable bonds is 1. The van der Waals surface area contributed by atoms with E-state index in [1.54, 1.807) is 17.4 Å². The highest BCUT2D eigenvalue weighted by atomic mass is 35.5. The summed E-state index contributed by atoms with van der Waals surface area (Å²) in [5.41, 5.74) is 1.88. The van der Waals surface area contributed by atoms with Crippen LogP contribution in [0.3, 0.4) is 0 Å².